The van der Waals surface area contributed by atoms with Crippen molar-refractivity contribution in [3.05, 3.63) is 77.5 Å². The van der Waals surface area contributed by atoms with Crippen molar-refractivity contribution in [3.63, 3.8) is 0 Å². The molecule has 0 heterocycles. The quantitative estimate of drug-likeness (QED) is 0.418. The van der Waals surface area contributed by atoms with Gasteiger partial charge in [-0.2, -0.15) is 0 Å². The Morgan fingerprint density at radius 2 is 1.15 bits per heavy atom. The topological polar surface area (TPSA) is 104 Å². The Morgan fingerprint density at radius 1 is 0.741 bits per heavy atom. The van der Waals surface area contributed by atoms with Gasteiger partial charge in [-0.15, -0.1) is 13.1 Å². The monoisotopic (exact) mass is 415 g/mol. The summed E-state index contributed by atoms with van der Waals surface area (Å²) >= 11 is 0. The van der Waals surface area contributed by atoms with Crippen LogP contribution in [0.5, 0.6) is 0 Å². The number of hydrogen-bond acceptors (Lipinski definition) is 4. The van der Waals surface area contributed by atoms with E-state index in [0.717, 1.165) is 39.0 Å². The SMILES string of the molecule is O.O=C1C=CC=C/C1=C/NCCC[N-]CCCN/C=C1/C=CC=CC1=O.[Co]. The number of ketones is 2. The van der Waals surface area contributed by atoms with Gasteiger partial charge in [0.25, 0.3) is 0 Å². The summed E-state index contributed by atoms with van der Waals surface area (Å²) in [5.41, 5.74) is 1.36. The maximum Gasteiger partial charge on any atom is 0.187 e. The summed E-state index contributed by atoms with van der Waals surface area (Å²) in [6.07, 6.45) is 19.3. The molecule has 0 aromatic heterocycles. The fourth-order valence-electron chi connectivity index (χ4n) is 2.26. The van der Waals surface area contributed by atoms with Crippen LogP contribution in [0.1, 0.15) is 12.8 Å². The van der Waals surface area contributed by atoms with Crippen molar-refractivity contribution in [2.75, 3.05) is 26.2 Å². The third-order valence-electron chi connectivity index (χ3n) is 3.63. The first-order valence-corrected chi connectivity index (χ1v) is 8.56. The molecule has 2 aliphatic carbocycles. The Labute approximate surface area is 170 Å². The predicted molar refractivity (Wildman–Crippen MR) is 105 cm³/mol. The molecule has 0 unspecified atom stereocenters. The van der Waals surface area contributed by atoms with Gasteiger partial charge in [-0.3, -0.25) is 9.59 Å². The van der Waals surface area contributed by atoms with Crippen LogP contribution in [0.2, 0.25) is 0 Å². The van der Waals surface area contributed by atoms with Gasteiger partial charge in [-0.1, -0.05) is 37.1 Å². The minimum atomic E-state index is 0. The number of carbonyl (C=O) groups excluding carboxylic acids is 2. The standard InChI is InChI=1S/C20H24N3O2.Co.H2O/c24-19-9-3-1-7-17(19)15-22-13-5-11-21-12-6-14-23-16-18-8-2-4-10-20(18)25;;/h1-4,7-10,15-16,22-23H,5-6,11-14H2;;1H2/q-1;;/b17-15-,18-16-;;. The molecule has 0 spiro atoms. The van der Waals surface area contributed by atoms with Gasteiger partial charge in [0.1, 0.15) is 0 Å². The van der Waals surface area contributed by atoms with Crippen molar-refractivity contribution in [2.24, 2.45) is 0 Å². The second-order valence-electron chi connectivity index (χ2n) is 5.65. The second-order valence-corrected chi connectivity index (χ2v) is 5.65. The van der Waals surface area contributed by atoms with Gasteiger partial charge >= 0.3 is 0 Å². The molecule has 2 rings (SSSR count). The van der Waals surface area contributed by atoms with Gasteiger partial charge in [-0.25, -0.2) is 0 Å². The molecular formula is C20H26CoN3O3-. The minimum Gasteiger partial charge on any atom is -0.662 e. The van der Waals surface area contributed by atoms with Gasteiger partial charge in [0.05, 0.1) is 0 Å². The zero-order valence-electron chi connectivity index (χ0n) is 15.1. The van der Waals surface area contributed by atoms with Crippen LogP contribution in [0.3, 0.4) is 0 Å². The summed E-state index contributed by atoms with van der Waals surface area (Å²) in [6.45, 7) is 3.19. The number of nitrogens with one attached hydrogen (secondary N) is 2. The van der Waals surface area contributed by atoms with E-state index in [-0.39, 0.29) is 33.8 Å². The summed E-state index contributed by atoms with van der Waals surface area (Å²) < 4.78 is 0. The first-order chi connectivity index (χ1) is 12.3. The van der Waals surface area contributed by atoms with Gasteiger partial charge in [0, 0.05) is 53.4 Å². The molecule has 0 atom stereocenters. The van der Waals surface area contributed by atoms with Crippen molar-refractivity contribution in [1.29, 1.82) is 0 Å². The normalized spacial score (nSPS) is 17.8. The smallest absolute Gasteiger partial charge is 0.187 e. The van der Waals surface area contributed by atoms with Crippen LogP contribution < -0.4 is 10.6 Å². The molecule has 27 heavy (non-hydrogen) atoms. The third kappa shape index (κ3) is 9.91. The zero-order valence-corrected chi connectivity index (χ0v) is 16.2. The average molecular weight is 415 g/mol. The van der Waals surface area contributed by atoms with Crippen LogP contribution >= 0.6 is 0 Å². The molecule has 4 N–H and O–H groups in total. The predicted octanol–water partition coefficient (Wildman–Crippen LogP) is 1.65. The third-order valence-corrected chi connectivity index (χ3v) is 3.63. The first-order valence-electron chi connectivity index (χ1n) is 8.56. The van der Waals surface area contributed by atoms with Crippen molar-refractivity contribution < 1.29 is 31.8 Å². The Bertz CT molecular complexity index is 605. The van der Waals surface area contributed by atoms with Gasteiger partial charge in [0.2, 0.25) is 0 Å². The summed E-state index contributed by atoms with van der Waals surface area (Å²) in [6, 6.07) is 0. The van der Waals surface area contributed by atoms with E-state index in [9.17, 15) is 9.59 Å². The summed E-state index contributed by atoms with van der Waals surface area (Å²) in [5.74, 6) is 0.0622. The number of allylic oxidation sites excluding steroid dienone is 10. The van der Waals surface area contributed by atoms with Gasteiger partial charge < -0.3 is 21.4 Å². The Morgan fingerprint density at radius 3 is 1.56 bits per heavy atom. The molecule has 6 nitrogen and oxygen atoms in total. The van der Waals surface area contributed by atoms with Crippen LogP contribution in [0.15, 0.2) is 72.2 Å². The van der Waals surface area contributed by atoms with Crippen LogP contribution in [0.4, 0.5) is 0 Å². The van der Waals surface area contributed by atoms with E-state index < -0.39 is 0 Å². The van der Waals surface area contributed by atoms with E-state index in [1.165, 1.54) is 0 Å². The van der Waals surface area contributed by atoms with Crippen LogP contribution in [-0.2, 0) is 26.4 Å². The second kappa shape index (κ2) is 14.9. The van der Waals surface area contributed by atoms with E-state index in [1.807, 2.05) is 12.2 Å². The zero-order chi connectivity index (χ0) is 17.7. The van der Waals surface area contributed by atoms with E-state index in [2.05, 4.69) is 16.0 Å². The molecule has 0 fully saturated rings. The molecule has 149 valence electrons. The Balaban J connectivity index is 0.00000338. The number of rotatable bonds is 10. The van der Waals surface area contributed by atoms with Crippen molar-refractivity contribution in [3.8, 4) is 0 Å². The molecule has 0 saturated heterocycles. The molecule has 0 amide bonds. The van der Waals surface area contributed by atoms with E-state index in [1.54, 1.807) is 48.9 Å². The molecule has 0 bridgehead atoms. The molecular weight excluding hydrogens is 389 g/mol. The van der Waals surface area contributed by atoms with E-state index >= 15 is 0 Å². The van der Waals surface area contributed by atoms with Crippen molar-refractivity contribution in [2.45, 2.75) is 12.8 Å². The van der Waals surface area contributed by atoms with Crippen molar-refractivity contribution >= 4 is 11.6 Å². The summed E-state index contributed by atoms with van der Waals surface area (Å²) in [4.78, 5) is 23.0. The fourth-order valence-corrected chi connectivity index (χ4v) is 2.26. The summed E-state index contributed by atoms with van der Waals surface area (Å²) in [7, 11) is 0. The molecule has 2 aliphatic rings. The molecule has 0 saturated carbocycles. The molecule has 0 aromatic carbocycles. The largest absolute Gasteiger partial charge is 0.662 e. The molecule has 0 aliphatic heterocycles. The van der Waals surface area contributed by atoms with Crippen LogP contribution in [-0.4, -0.2) is 43.2 Å². The van der Waals surface area contributed by atoms with E-state index in [4.69, 9.17) is 0 Å². The minimum absolute atomic E-state index is 0. The maximum atomic E-state index is 11.5. The number of nitrogens with zero attached hydrogens (tertiary/aromatic N) is 1. The Hall–Kier alpha value is -2.19. The number of hydrogen-bond donors (Lipinski definition) is 2. The molecule has 0 aromatic rings. The van der Waals surface area contributed by atoms with Crippen LogP contribution in [0, 0.1) is 0 Å². The van der Waals surface area contributed by atoms with Crippen molar-refractivity contribution in [1.82, 2.24) is 10.6 Å². The van der Waals surface area contributed by atoms with Crippen LogP contribution in [0.25, 0.3) is 5.32 Å². The van der Waals surface area contributed by atoms with Gasteiger partial charge in [-0.05, 0) is 24.3 Å². The Kier molecular flexibility index (Phi) is 13.7. The molecule has 7 heteroatoms. The number of carbonyl (C=O) groups is 2. The molecule has 1 radical (unpaired) electrons. The maximum absolute atomic E-state index is 11.5. The summed E-state index contributed by atoms with van der Waals surface area (Å²) in [5, 5.41) is 10.8. The fraction of sp³-hybridized carbons (Fsp3) is 0.300. The average Bonchev–Trinajstić information content (AvgIpc) is 2.62. The first kappa shape index (κ1) is 24.8. The van der Waals surface area contributed by atoms with Gasteiger partial charge in [0.15, 0.2) is 11.6 Å². The van der Waals surface area contributed by atoms with E-state index in [0.29, 0.717) is 11.1 Å².